The molecule has 2 heterocycles. The highest BCUT2D eigenvalue weighted by molar-refractivity contribution is 5.75. The van der Waals surface area contributed by atoms with Crippen molar-refractivity contribution in [2.75, 3.05) is 19.7 Å². The van der Waals surface area contributed by atoms with Gasteiger partial charge in [-0.25, -0.2) is 4.79 Å². The first-order valence-corrected chi connectivity index (χ1v) is 8.90. The van der Waals surface area contributed by atoms with Crippen molar-refractivity contribution in [1.82, 2.24) is 20.4 Å². The molecule has 25 heavy (non-hydrogen) atoms. The SMILES string of the molecule is Cc1n[nH]c(C)c1[C@H]1CCCN1C(=O)NCCCOc1ccccc1. The predicted octanol–water partition coefficient (Wildman–Crippen LogP) is 3.34. The second-order valence-electron chi connectivity index (χ2n) is 6.45. The van der Waals surface area contributed by atoms with E-state index in [4.69, 9.17) is 4.74 Å². The maximum atomic E-state index is 12.6. The molecule has 0 spiro atoms. The van der Waals surface area contributed by atoms with E-state index in [9.17, 15) is 4.79 Å². The van der Waals surface area contributed by atoms with Gasteiger partial charge in [0, 0.05) is 24.3 Å². The molecule has 1 saturated heterocycles. The summed E-state index contributed by atoms with van der Waals surface area (Å²) < 4.78 is 5.65. The van der Waals surface area contributed by atoms with Gasteiger partial charge in [0.15, 0.2) is 0 Å². The van der Waals surface area contributed by atoms with Gasteiger partial charge in [0.25, 0.3) is 0 Å². The van der Waals surface area contributed by atoms with Crippen molar-refractivity contribution in [1.29, 1.82) is 0 Å². The Balaban J connectivity index is 1.46. The molecule has 0 radical (unpaired) electrons. The van der Waals surface area contributed by atoms with Crippen LogP contribution in [0.15, 0.2) is 30.3 Å². The van der Waals surface area contributed by atoms with Gasteiger partial charge < -0.3 is 15.0 Å². The lowest BCUT2D eigenvalue weighted by Gasteiger charge is -2.25. The minimum atomic E-state index is 0.00205. The Morgan fingerprint density at radius 2 is 2.16 bits per heavy atom. The summed E-state index contributed by atoms with van der Waals surface area (Å²) in [6.45, 7) is 6.01. The summed E-state index contributed by atoms with van der Waals surface area (Å²) in [4.78, 5) is 14.5. The van der Waals surface area contributed by atoms with Crippen LogP contribution < -0.4 is 10.1 Å². The van der Waals surface area contributed by atoms with Gasteiger partial charge in [0.1, 0.15) is 5.75 Å². The van der Waals surface area contributed by atoms with Crippen LogP contribution in [0.4, 0.5) is 4.79 Å². The fraction of sp³-hybridized carbons (Fsp3) is 0.474. The van der Waals surface area contributed by atoms with E-state index in [1.807, 2.05) is 49.1 Å². The molecule has 1 fully saturated rings. The van der Waals surface area contributed by atoms with Crippen molar-refractivity contribution >= 4 is 6.03 Å². The molecule has 2 N–H and O–H groups in total. The van der Waals surface area contributed by atoms with Gasteiger partial charge in [0.05, 0.1) is 18.3 Å². The molecule has 3 rings (SSSR count). The lowest BCUT2D eigenvalue weighted by molar-refractivity contribution is 0.191. The van der Waals surface area contributed by atoms with E-state index < -0.39 is 0 Å². The number of aromatic nitrogens is 2. The van der Waals surface area contributed by atoms with E-state index in [0.717, 1.165) is 42.9 Å². The highest BCUT2D eigenvalue weighted by Crippen LogP contribution is 2.34. The smallest absolute Gasteiger partial charge is 0.317 e. The fourth-order valence-corrected chi connectivity index (χ4v) is 3.44. The van der Waals surface area contributed by atoms with Crippen molar-refractivity contribution in [3.63, 3.8) is 0 Å². The number of aromatic amines is 1. The molecule has 0 saturated carbocycles. The molecule has 1 aromatic heterocycles. The maximum Gasteiger partial charge on any atom is 0.317 e. The summed E-state index contributed by atoms with van der Waals surface area (Å²) in [5.74, 6) is 0.861. The number of hydrogen-bond donors (Lipinski definition) is 2. The summed E-state index contributed by atoms with van der Waals surface area (Å²) in [5.41, 5.74) is 3.21. The molecular formula is C19H26N4O2. The molecule has 1 aliphatic rings. The zero-order chi connectivity index (χ0) is 17.6. The minimum Gasteiger partial charge on any atom is -0.494 e. The predicted molar refractivity (Wildman–Crippen MR) is 96.7 cm³/mol. The molecule has 0 aliphatic carbocycles. The van der Waals surface area contributed by atoms with Gasteiger partial charge in [-0.3, -0.25) is 5.10 Å². The van der Waals surface area contributed by atoms with Gasteiger partial charge in [-0.2, -0.15) is 5.10 Å². The molecule has 0 unspecified atom stereocenters. The average molecular weight is 342 g/mol. The van der Waals surface area contributed by atoms with Crippen LogP contribution >= 0.6 is 0 Å². The second kappa shape index (κ2) is 8.05. The number of urea groups is 1. The Kier molecular flexibility index (Phi) is 5.58. The lowest BCUT2D eigenvalue weighted by Crippen LogP contribution is -2.40. The first-order chi connectivity index (χ1) is 12.2. The Hall–Kier alpha value is -2.50. The van der Waals surface area contributed by atoms with E-state index in [1.54, 1.807) is 0 Å². The number of rotatable bonds is 6. The van der Waals surface area contributed by atoms with E-state index in [0.29, 0.717) is 13.2 Å². The van der Waals surface area contributed by atoms with Crippen LogP contribution in [-0.4, -0.2) is 40.8 Å². The number of nitrogens with zero attached hydrogens (tertiary/aromatic N) is 2. The van der Waals surface area contributed by atoms with Gasteiger partial charge in [-0.05, 0) is 45.2 Å². The number of nitrogens with one attached hydrogen (secondary N) is 2. The van der Waals surface area contributed by atoms with Crippen molar-refractivity contribution < 1.29 is 9.53 Å². The minimum absolute atomic E-state index is 0.00205. The van der Waals surface area contributed by atoms with Crippen LogP contribution in [0.25, 0.3) is 0 Å². The Morgan fingerprint density at radius 3 is 2.88 bits per heavy atom. The summed E-state index contributed by atoms with van der Waals surface area (Å²) in [7, 11) is 0. The van der Waals surface area contributed by atoms with E-state index in [-0.39, 0.29) is 12.1 Å². The molecular weight excluding hydrogens is 316 g/mol. The molecule has 6 nitrogen and oxygen atoms in total. The van der Waals surface area contributed by atoms with E-state index in [1.165, 1.54) is 5.56 Å². The number of para-hydroxylation sites is 1. The first-order valence-electron chi connectivity index (χ1n) is 8.90. The quantitative estimate of drug-likeness (QED) is 0.791. The number of H-pyrrole nitrogens is 1. The van der Waals surface area contributed by atoms with Crippen LogP contribution in [0.5, 0.6) is 5.75 Å². The summed E-state index contributed by atoms with van der Waals surface area (Å²) >= 11 is 0. The van der Waals surface area contributed by atoms with Crippen LogP contribution in [0.1, 0.15) is 42.3 Å². The zero-order valence-corrected chi connectivity index (χ0v) is 14.9. The average Bonchev–Trinajstić information content (AvgIpc) is 3.21. The molecule has 2 aromatic rings. The van der Waals surface area contributed by atoms with Crippen LogP contribution in [0.3, 0.4) is 0 Å². The summed E-state index contributed by atoms with van der Waals surface area (Å²) in [6, 6.07) is 9.85. The van der Waals surface area contributed by atoms with Crippen molar-refractivity contribution in [3.8, 4) is 5.75 Å². The van der Waals surface area contributed by atoms with Gasteiger partial charge in [-0.1, -0.05) is 18.2 Å². The third-order valence-corrected chi connectivity index (χ3v) is 4.64. The van der Waals surface area contributed by atoms with E-state index >= 15 is 0 Å². The molecule has 1 atom stereocenters. The third kappa shape index (κ3) is 4.13. The number of aryl methyl sites for hydroxylation is 2. The zero-order valence-electron chi connectivity index (χ0n) is 14.9. The van der Waals surface area contributed by atoms with Crippen LogP contribution in [0, 0.1) is 13.8 Å². The Bertz CT molecular complexity index is 679. The second-order valence-corrected chi connectivity index (χ2v) is 6.45. The molecule has 6 heteroatoms. The molecule has 2 amide bonds. The number of likely N-dealkylation sites (tertiary alicyclic amines) is 1. The van der Waals surface area contributed by atoms with Gasteiger partial charge >= 0.3 is 6.03 Å². The van der Waals surface area contributed by atoms with Crippen molar-refractivity contribution in [2.24, 2.45) is 0 Å². The number of carbonyl (C=O) groups excluding carboxylic acids is 1. The standard InChI is InChI=1S/C19H26N4O2/c1-14-18(15(2)22-21-14)17-10-6-12-23(17)19(24)20-11-7-13-25-16-8-4-3-5-9-16/h3-5,8-9,17H,6-7,10-13H2,1-2H3,(H,20,24)(H,21,22)/t17-/m1/s1. The molecule has 1 aliphatic heterocycles. The van der Waals surface area contributed by atoms with Crippen molar-refractivity contribution in [2.45, 2.75) is 39.2 Å². The normalized spacial score (nSPS) is 16.9. The number of hydrogen-bond acceptors (Lipinski definition) is 3. The van der Waals surface area contributed by atoms with Crippen LogP contribution in [-0.2, 0) is 0 Å². The summed E-state index contributed by atoms with van der Waals surface area (Å²) in [6.07, 6.45) is 2.80. The topological polar surface area (TPSA) is 70.2 Å². The number of carbonyl (C=O) groups is 1. The highest BCUT2D eigenvalue weighted by atomic mass is 16.5. The summed E-state index contributed by atoms with van der Waals surface area (Å²) in [5, 5.41) is 10.3. The Morgan fingerprint density at radius 1 is 1.36 bits per heavy atom. The number of ether oxygens (including phenoxy) is 1. The Labute approximate surface area is 148 Å². The highest BCUT2D eigenvalue weighted by Gasteiger charge is 2.32. The maximum absolute atomic E-state index is 12.6. The van der Waals surface area contributed by atoms with Gasteiger partial charge in [-0.15, -0.1) is 0 Å². The lowest BCUT2D eigenvalue weighted by atomic mass is 10.0. The number of benzene rings is 1. The fourth-order valence-electron chi connectivity index (χ4n) is 3.44. The van der Waals surface area contributed by atoms with Crippen molar-refractivity contribution in [3.05, 3.63) is 47.3 Å². The van der Waals surface area contributed by atoms with Gasteiger partial charge in [0.2, 0.25) is 0 Å². The third-order valence-electron chi connectivity index (χ3n) is 4.64. The van der Waals surface area contributed by atoms with Crippen LogP contribution in [0.2, 0.25) is 0 Å². The largest absolute Gasteiger partial charge is 0.494 e. The van der Waals surface area contributed by atoms with E-state index in [2.05, 4.69) is 15.5 Å². The molecule has 0 bridgehead atoms. The molecule has 134 valence electrons. The number of amides is 2. The monoisotopic (exact) mass is 342 g/mol. The molecule has 1 aromatic carbocycles. The first kappa shape index (κ1) is 17.3.